The van der Waals surface area contributed by atoms with Crippen molar-refractivity contribution in [1.82, 2.24) is 19.9 Å². The molecule has 7 heteroatoms. The number of benzene rings is 1. The van der Waals surface area contributed by atoms with Crippen LogP contribution in [0.3, 0.4) is 0 Å². The molecule has 2 amide bonds. The van der Waals surface area contributed by atoms with Crippen LogP contribution >= 0.6 is 0 Å². The lowest BCUT2D eigenvalue weighted by Crippen LogP contribution is -2.31. The zero-order valence-corrected chi connectivity index (χ0v) is 16.0. The molecule has 4 rings (SSSR count). The first kappa shape index (κ1) is 18.3. The molecular formula is C21H25N5O2. The lowest BCUT2D eigenvalue weighted by atomic mass is 10.2. The molecule has 7 nitrogen and oxygen atoms in total. The minimum Gasteiger partial charge on any atom is -0.495 e. The van der Waals surface area contributed by atoms with Crippen molar-refractivity contribution in [3.8, 4) is 5.75 Å². The number of ether oxygens (including phenoxy) is 1. The van der Waals surface area contributed by atoms with Crippen LogP contribution in [0.1, 0.15) is 37.5 Å². The normalized spacial score (nSPS) is 14.3. The highest BCUT2D eigenvalue weighted by Gasteiger charge is 2.23. The maximum absolute atomic E-state index is 12.3. The van der Waals surface area contributed by atoms with Gasteiger partial charge >= 0.3 is 6.03 Å². The fourth-order valence-electron chi connectivity index (χ4n) is 3.90. The molecule has 1 aliphatic rings. The van der Waals surface area contributed by atoms with Gasteiger partial charge in [-0.1, -0.05) is 25.0 Å². The largest absolute Gasteiger partial charge is 0.495 e. The smallest absolute Gasteiger partial charge is 0.319 e. The molecule has 0 atom stereocenters. The Bertz CT molecular complexity index is 962. The van der Waals surface area contributed by atoms with Crippen LogP contribution in [0.5, 0.6) is 5.75 Å². The zero-order chi connectivity index (χ0) is 19.3. The second-order valence-corrected chi connectivity index (χ2v) is 7.01. The molecular weight excluding hydrogens is 354 g/mol. The average molecular weight is 379 g/mol. The van der Waals surface area contributed by atoms with Gasteiger partial charge in [-0.05, 0) is 37.1 Å². The Morgan fingerprint density at radius 2 is 2.04 bits per heavy atom. The maximum atomic E-state index is 12.3. The SMILES string of the molecule is COc1ccccc1NC(=O)NCCc1nc2cccnc2n1C1CCCC1. The number of anilines is 1. The van der Waals surface area contributed by atoms with Gasteiger partial charge in [0.05, 0.1) is 12.8 Å². The fourth-order valence-corrected chi connectivity index (χ4v) is 3.90. The van der Waals surface area contributed by atoms with Crippen molar-refractivity contribution in [1.29, 1.82) is 0 Å². The molecule has 1 aromatic carbocycles. The van der Waals surface area contributed by atoms with Gasteiger partial charge in [0.25, 0.3) is 0 Å². The topological polar surface area (TPSA) is 81.1 Å². The Labute approximate surface area is 164 Å². The van der Waals surface area contributed by atoms with Crippen LogP contribution in [0, 0.1) is 0 Å². The molecule has 0 bridgehead atoms. The van der Waals surface area contributed by atoms with Crippen LogP contribution in [-0.4, -0.2) is 34.2 Å². The number of aromatic nitrogens is 3. The quantitative estimate of drug-likeness (QED) is 0.680. The van der Waals surface area contributed by atoms with Crippen molar-refractivity contribution in [2.75, 3.05) is 19.0 Å². The summed E-state index contributed by atoms with van der Waals surface area (Å²) in [5.41, 5.74) is 2.51. The van der Waals surface area contributed by atoms with Gasteiger partial charge in [-0.2, -0.15) is 0 Å². The Balaban J connectivity index is 1.43. The summed E-state index contributed by atoms with van der Waals surface area (Å²) in [6.07, 6.45) is 7.30. The zero-order valence-electron chi connectivity index (χ0n) is 16.0. The third kappa shape index (κ3) is 3.78. The number of para-hydroxylation sites is 2. The monoisotopic (exact) mass is 379 g/mol. The molecule has 0 unspecified atom stereocenters. The van der Waals surface area contributed by atoms with E-state index in [1.807, 2.05) is 42.6 Å². The molecule has 2 heterocycles. The van der Waals surface area contributed by atoms with Crippen molar-refractivity contribution in [2.24, 2.45) is 0 Å². The van der Waals surface area contributed by atoms with Crippen molar-refractivity contribution in [2.45, 2.75) is 38.1 Å². The lowest BCUT2D eigenvalue weighted by Gasteiger charge is -2.16. The van der Waals surface area contributed by atoms with E-state index in [9.17, 15) is 4.79 Å². The molecule has 0 radical (unpaired) electrons. The maximum Gasteiger partial charge on any atom is 0.319 e. The van der Waals surface area contributed by atoms with E-state index in [0.29, 0.717) is 30.4 Å². The van der Waals surface area contributed by atoms with Gasteiger partial charge in [-0.25, -0.2) is 14.8 Å². The number of carbonyl (C=O) groups excluding carboxylic acids is 1. The second kappa shape index (κ2) is 8.29. The molecule has 0 saturated heterocycles. The number of urea groups is 1. The second-order valence-electron chi connectivity index (χ2n) is 7.01. The third-order valence-electron chi connectivity index (χ3n) is 5.20. The summed E-state index contributed by atoms with van der Waals surface area (Å²) >= 11 is 0. The lowest BCUT2D eigenvalue weighted by molar-refractivity contribution is 0.252. The van der Waals surface area contributed by atoms with Crippen LogP contribution in [0.25, 0.3) is 11.2 Å². The molecule has 0 aliphatic heterocycles. The van der Waals surface area contributed by atoms with Crippen molar-refractivity contribution >= 4 is 22.9 Å². The van der Waals surface area contributed by atoms with Crippen molar-refractivity contribution in [3.05, 3.63) is 48.4 Å². The molecule has 146 valence electrons. The number of amides is 2. The Morgan fingerprint density at radius 3 is 2.86 bits per heavy atom. The summed E-state index contributed by atoms with van der Waals surface area (Å²) in [4.78, 5) is 21.6. The van der Waals surface area contributed by atoms with E-state index in [1.54, 1.807) is 7.11 Å². The minimum atomic E-state index is -0.258. The first-order chi connectivity index (χ1) is 13.8. The van der Waals surface area contributed by atoms with Crippen LogP contribution in [0.15, 0.2) is 42.6 Å². The number of rotatable bonds is 6. The highest BCUT2D eigenvalue weighted by molar-refractivity contribution is 5.90. The van der Waals surface area contributed by atoms with Gasteiger partial charge in [-0.3, -0.25) is 0 Å². The summed E-state index contributed by atoms with van der Waals surface area (Å²) in [6, 6.07) is 11.5. The Kier molecular flexibility index (Phi) is 5.41. The summed E-state index contributed by atoms with van der Waals surface area (Å²) in [5.74, 6) is 1.62. The van der Waals surface area contributed by atoms with Crippen molar-refractivity contribution in [3.63, 3.8) is 0 Å². The predicted octanol–water partition coefficient (Wildman–Crippen LogP) is 3.92. The van der Waals surface area contributed by atoms with Gasteiger partial charge in [-0.15, -0.1) is 0 Å². The molecule has 0 spiro atoms. The van der Waals surface area contributed by atoms with Crippen LogP contribution in [0.4, 0.5) is 10.5 Å². The number of methoxy groups -OCH3 is 1. The predicted molar refractivity (Wildman–Crippen MR) is 109 cm³/mol. The van der Waals surface area contributed by atoms with Crippen LogP contribution in [-0.2, 0) is 6.42 Å². The summed E-state index contributed by atoms with van der Waals surface area (Å²) in [6.45, 7) is 0.497. The van der Waals surface area contributed by atoms with Gasteiger partial charge in [0, 0.05) is 25.2 Å². The summed E-state index contributed by atoms with van der Waals surface area (Å²) < 4.78 is 7.54. The van der Waals surface area contributed by atoms with Gasteiger partial charge < -0.3 is 19.9 Å². The van der Waals surface area contributed by atoms with Gasteiger partial charge in [0.15, 0.2) is 5.65 Å². The molecule has 1 saturated carbocycles. The van der Waals surface area contributed by atoms with Crippen LogP contribution in [0.2, 0.25) is 0 Å². The number of hydrogen-bond acceptors (Lipinski definition) is 4. The third-order valence-corrected chi connectivity index (χ3v) is 5.20. The number of nitrogens with one attached hydrogen (secondary N) is 2. The molecule has 3 aromatic rings. The average Bonchev–Trinajstić information content (AvgIpc) is 3.35. The molecule has 2 N–H and O–H groups in total. The van der Waals surface area contributed by atoms with Gasteiger partial charge in [0.1, 0.15) is 17.1 Å². The first-order valence-electron chi connectivity index (χ1n) is 9.76. The van der Waals surface area contributed by atoms with E-state index in [2.05, 4.69) is 20.2 Å². The number of pyridine rings is 1. The van der Waals surface area contributed by atoms with E-state index in [4.69, 9.17) is 9.72 Å². The Hall–Kier alpha value is -3.09. The fraction of sp³-hybridized carbons (Fsp3) is 0.381. The van der Waals surface area contributed by atoms with Crippen LogP contribution < -0.4 is 15.4 Å². The van der Waals surface area contributed by atoms with E-state index in [1.165, 1.54) is 12.8 Å². The number of carbonyl (C=O) groups is 1. The van der Waals surface area contributed by atoms with Crippen molar-refractivity contribution < 1.29 is 9.53 Å². The molecule has 1 fully saturated rings. The summed E-state index contributed by atoms with van der Waals surface area (Å²) in [5, 5.41) is 5.74. The number of hydrogen-bond donors (Lipinski definition) is 2. The minimum absolute atomic E-state index is 0.258. The highest BCUT2D eigenvalue weighted by atomic mass is 16.5. The molecule has 1 aliphatic carbocycles. The van der Waals surface area contributed by atoms with Gasteiger partial charge in [0.2, 0.25) is 0 Å². The summed E-state index contributed by atoms with van der Waals surface area (Å²) in [7, 11) is 1.58. The van der Waals surface area contributed by atoms with E-state index in [-0.39, 0.29) is 6.03 Å². The number of nitrogens with zero attached hydrogens (tertiary/aromatic N) is 3. The first-order valence-corrected chi connectivity index (χ1v) is 9.76. The number of imidazole rings is 1. The van der Waals surface area contributed by atoms with E-state index in [0.717, 1.165) is 29.8 Å². The molecule has 28 heavy (non-hydrogen) atoms. The van der Waals surface area contributed by atoms with E-state index >= 15 is 0 Å². The molecule has 2 aromatic heterocycles. The van der Waals surface area contributed by atoms with E-state index < -0.39 is 0 Å². The highest BCUT2D eigenvalue weighted by Crippen LogP contribution is 2.33. The number of fused-ring (bicyclic) bond motifs is 1. The standard InChI is InChI=1S/C21H25N5O2/c1-28-18-11-5-4-9-16(18)25-21(27)23-14-12-19-24-17-10-6-13-22-20(17)26(19)15-7-2-3-8-15/h4-6,9-11,13,15H,2-3,7-8,12,14H2,1H3,(H2,23,25,27). The Morgan fingerprint density at radius 1 is 1.21 bits per heavy atom.